The minimum Gasteiger partial charge on any atom is -0.444 e. The van der Waals surface area contributed by atoms with Crippen molar-refractivity contribution in [1.29, 1.82) is 0 Å². The largest absolute Gasteiger partial charge is 0.444 e. The molecule has 26 heavy (non-hydrogen) atoms. The average Bonchev–Trinajstić information content (AvgIpc) is 2.42. The Bertz CT molecular complexity index is 569. The molecule has 1 N–H and O–H groups in total. The summed E-state index contributed by atoms with van der Waals surface area (Å²) in [7, 11) is -1.96. The van der Waals surface area contributed by atoms with Gasteiger partial charge in [0.15, 0.2) is 8.32 Å². The van der Waals surface area contributed by atoms with Gasteiger partial charge in [0.05, 0.1) is 25.3 Å². The zero-order valence-corrected chi connectivity index (χ0v) is 19.0. The van der Waals surface area contributed by atoms with Gasteiger partial charge in [-0.15, -0.1) is 0 Å². The number of carbonyl (C=O) groups excluding carboxylic acids is 1. The van der Waals surface area contributed by atoms with Crippen LogP contribution < -0.4 is 0 Å². The van der Waals surface area contributed by atoms with Gasteiger partial charge in [0, 0.05) is 0 Å². The molecule has 0 saturated carbocycles. The summed E-state index contributed by atoms with van der Waals surface area (Å²) in [5.74, 6) is 0. The number of aliphatic hydroxyl groups excluding tert-OH is 1. The Labute approximate surface area is 160 Å². The van der Waals surface area contributed by atoms with Crippen LogP contribution in [-0.4, -0.2) is 55.3 Å². The first-order chi connectivity index (χ1) is 11.5. The lowest BCUT2D eigenvalue weighted by Gasteiger charge is -2.41. The Kier molecular flexibility index (Phi) is 6.94. The summed E-state index contributed by atoms with van der Waals surface area (Å²) >= 11 is 0. The van der Waals surface area contributed by atoms with Crippen molar-refractivity contribution in [2.45, 2.75) is 84.3 Å². The molecular weight excluding hydrogens is 346 g/mol. The minimum atomic E-state index is -1.96. The maximum Gasteiger partial charge on any atom is 0.410 e. The number of hydrogen-bond donors (Lipinski definition) is 1. The number of amides is 1. The topological polar surface area (TPSA) is 59.0 Å². The van der Waals surface area contributed by atoms with Crippen molar-refractivity contribution in [3.05, 3.63) is 23.8 Å². The highest BCUT2D eigenvalue weighted by Crippen LogP contribution is 2.37. The molecule has 0 bridgehead atoms. The molecule has 0 radical (unpaired) electrons. The van der Waals surface area contributed by atoms with Crippen molar-refractivity contribution in [1.82, 2.24) is 4.90 Å². The molecule has 5 nitrogen and oxygen atoms in total. The highest BCUT2D eigenvalue weighted by molar-refractivity contribution is 6.74. The van der Waals surface area contributed by atoms with Crippen LogP contribution in [-0.2, 0) is 9.16 Å². The number of hydrogen-bond acceptors (Lipinski definition) is 4. The van der Waals surface area contributed by atoms with Crippen LogP contribution in [0.4, 0.5) is 4.79 Å². The Morgan fingerprint density at radius 3 is 2.27 bits per heavy atom. The lowest BCUT2D eigenvalue weighted by Crippen LogP contribution is -2.53. The maximum atomic E-state index is 12.7. The molecule has 6 heteroatoms. The van der Waals surface area contributed by atoms with Gasteiger partial charge in [0.1, 0.15) is 5.60 Å². The van der Waals surface area contributed by atoms with Crippen LogP contribution in [0.3, 0.4) is 0 Å². The van der Waals surface area contributed by atoms with E-state index in [4.69, 9.17) is 9.16 Å². The molecule has 0 spiro atoms. The first-order valence-electron chi connectivity index (χ1n) is 9.24. The number of rotatable bonds is 4. The van der Waals surface area contributed by atoms with E-state index in [2.05, 4.69) is 40.4 Å². The third-order valence-electron chi connectivity index (χ3n) is 5.04. The summed E-state index contributed by atoms with van der Waals surface area (Å²) in [6, 6.07) is -0.283. The third-order valence-corrected chi connectivity index (χ3v) is 9.54. The van der Waals surface area contributed by atoms with Crippen molar-refractivity contribution >= 4 is 14.4 Å². The second-order valence-electron chi connectivity index (χ2n) is 9.69. The van der Waals surface area contributed by atoms with Crippen LogP contribution in [0.2, 0.25) is 18.1 Å². The Balaban J connectivity index is 3.08. The molecule has 0 fully saturated rings. The molecule has 1 aliphatic heterocycles. The lowest BCUT2D eigenvalue weighted by molar-refractivity contribution is 0.00308. The van der Waals surface area contributed by atoms with Crippen LogP contribution in [0.25, 0.3) is 0 Å². The fourth-order valence-corrected chi connectivity index (χ4v) is 3.45. The van der Waals surface area contributed by atoms with Crippen LogP contribution in [0.1, 0.15) is 48.5 Å². The smallest absolute Gasteiger partial charge is 0.410 e. The number of nitrogens with zero attached hydrogens (tertiary/aromatic N) is 1. The van der Waals surface area contributed by atoms with E-state index in [-0.39, 0.29) is 17.6 Å². The summed E-state index contributed by atoms with van der Waals surface area (Å²) in [5, 5.41) is 10.5. The van der Waals surface area contributed by atoms with Crippen LogP contribution >= 0.6 is 0 Å². The number of ether oxygens (including phenoxy) is 1. The highest BCUT2D eigenvalue weighted by Gasteiger charge is 2.40. The quantitative estimate of drug-likeness (QED) is 0.727. The molecule has 1 rings (SSSR count). The van der Waals surface area contributed by atoms with E-state index in [1.54, 1.807) is 4.90 Å². The minimum absolute atomic E-state index is 0.0822. The van der Waals surface area contributed by atoms with Crippen molar-refractivity contribution < 1.29 is 19.1 Å². The Morgan fingerprint density at radius 1 is 1.31 bits per heavy atom. The van der Waals surface area contributed by atoms with Gasteiger partial charge in [-0.05, 0) is 51.4 Å². The molecular formula is C20H37NO4Si. The monoisotopic (exact) mass is 383 g/mol. The molecule has 2 atom stereocenters. The molecule has 0 aliphatic carbocycles. The second kappa shape index (κ2) is 7.86. The number of aliphatic hydroxyl groups is 1. The van der Waals surface area contributed by atoms with Crippen molar-refractivity contribution in [3.8, 4) is 0 Å². The molecule has 2 unspecified atom stereocenters. The van der Waals surface area contributed by atoms with Gasteiger partial charge in [0.2, 0.25) is 0 Å². The number of carbonyl (C=O) groups is 1. The van der Waals surface area contributed by atoms with Crippen LogP contribution in [0.5, 0.6) is 0 Å². The van der Waals surface area contributed by atoms with E-state index >= 15 is 0 Å². The lowest BCUT2D eigenvalue weighted by atomic mass is 9.95. The molecule has 1 heterocycles. The van der Waals surface area contributed by atoms with Gasteiger partial charge >= 0.3 is 6.09 Å². The summed E-state index contributed by atoms with van der Waals surface area (Å²) in [5.41, 5.74) is 0.984. The van der Waals surface area contributed by atoms with Crippen LogP contribution in [0.15, 0.2) is 23.8 Å². The van der Waals surface area contributed by atoms with E-state index in [1.807, 2.05) is 33.8 Å². The molecule has 0 aromatic rings. The molecule has 1 amide bonds. The molecule has 0 saturated heterocycles. The number of β-amino-alcohol motifs (C(OH)–C–C–N with tert-alkyl or cyclic N) is 1. The van der Waals surface area contributed by atoms with Crippen molar-refractivity contribution in [2.24, 2.45) is 0 Å². The molecule has 0 aromatic carbocycles. The highest BCUT2D eigenvalue weighted by atomic mass is 28.4. The zero-order valence-electron chi connectivity index (χ0n) is 18.0. The fraction of sp³-hybridized carbons (Fsp3) is 0.750. The molecule has 0 aromatic heterocycles. The van der Waals surface area contributed by atoms with Gasteiger partial charge < -0.3 is 14.3 Å². The normalized spacial score (nSPS) is 22.1. The SMILES string of the molecule is C=C(C)C1=CC(CO[Si](C)(C)C(C)(C)C)N(C(=O)OC(C)(C)C)CC1O. The Hall–Kier alpha value is -1.11. The maximum absolute atomic E-state index is 12.7. The van der Waals surface area contributed by atoms with Crippen molar-refractivity contribution in [2.75, 3.05) is 13.2 Å². The van der Waals surface area contributed by atoms with E-state index < -0.39 is 26.1 Å². The summed E-state index contributed by atoms with van der Waals surface area (Å²) in [6.07, 6.45) is 0.703. The summed E-state index contributed by atoms with van der Waals surface area (Å²) < 4.78 is 11.9. The van der Waals surface area contributed by atoms with Gasteiger partial charge in [-0.3, -0.25) is 4.90 Å². The average molecular weight is 384 g/mol. The fourth-order valence-electron chi connectivity index (χ4n) is 2.43. The van der Waals surface area contributed by atoms with Gasteiger partial charge in [-0.1, -0.05) is 39.0 Å². The third kappa shape index (κ3) is 5.96. The van der Waals surface area contributed by atoms with Gasteiger partial charge in [-0.2, -0.15) is 0 Å². The predicted octanol–water partition coefficient (Wildman–Crippen LogP) is 4.49. The van der Waals surface area contributed by atoms with E-state index in [0.29, 0.717) is 6.61 Å². The van der Waals surface area contributed by atoms with Crippen LogP contribution in [0, 0.1) is 0 Å². The second-order valence-corrected chi connectivity index (χ2v) is 14.5. The summed E-state index contributed by atoms with van der Waals surface area (Å²) in [6.45, 7) is 22.8. The zero-order chi connectivity index (χ0) is 20.5. The van der Waals surface area contributed by atoms with E-state index in [1.165, 1.54) is 0 Å². The molecule has 1 aliphatic rings. The Morgan fingerprint density at radius 2 is 1.85 bits per heavy atom. The van der Waals surface area contributed by atoms with Gasteiger partial charge in [0.25, 0.3) is 0 Å². The predicted molar refractivity (Wildman–Crippen MR) is 109 cm³/mol. The first kappa shape index (κ1) is 22.9. The van der Waals surface area contributed by atoms with E-state index in [0.717, 1.165) is 11.1 Å². The summed E-state index contributed by atoms with van der Waals surface area (Å²) in [4.78, 5) is 14.2. The molecule has 150 valence electrons. The van der Waals surface area contributed by atoms with Crippen molar-refractivity contribution in [3.63, 3.8) is 0 Å². The van der Waals surface area contributed by atoms with E-state index in [9.17, 15) is 9.90 Å². The first-order valence-corrected chi connectivity index (χ1v) is 12.2. The standard InChI is InChI=1S/C20H37NO4Si/c1-14(2)16-11-15(13-24-26(9,10)20(6,7)8)21(12-17(16)22)18(23)25-19(3,4)5/h11,15,17,22H,1,12-13H2,2-10H3. The van der Waals surface area contributed by atoms with Gasteiger partial charge in [-0.25, -0.2) is 4.79 Å².